The maximum absolute atomic E-state index is 12.9. The summed E-state index contributed by atoms with van der Waals surface area (Å²) >= 11 is 1.65. The minimum atomic E-state index is 0.0609. The lowest BCUT2D eigenvalue weighted by molar-refractivity contribution is -0.126. The number of thiophene rings is 1. The number of carbonyl (C=O) groups excluding carboxylic acids is 1. The molecule has 4 heterocycles. The van der Waals surface area contributed by atoms with Crippen LogP contribution in [-0.4, -0.2) is 61.6 Å². The summed E-state index contributed by atoms with van der Waals surface area (Å²) in [5.74, 6) is 0.862. The molecule has 1 N–H and O–H groups in total. The van der Waals surface area contributed by atoms with Crippen LogP contribution >= 0.6 is 11.3 Å². The first-order valence-corrected chi connectivity index (χ1v) is 14.5. The fourth-order valence-electron chi connectivity index (χ4n) is 5.03. The largest absolute Gasteiger partial charge is 0.340 e. The normalized spacial score (nSPS) is 13.7. The molecular weight excluding hydrogens is 518 g/mol. The van der Waals surface area contributed by atoms with E-state index in [1.54, 1.807) is 23.7 Å². The average molecular weight is 552 g/mol. The van der Waals surface area contributed by atoms with Crippen LogP contribution in [0.3, 0.4) is 0 Å². The fourth-order valence-corrected chi connectivity index (χ4v) is 6.23. The van der Waals surface area contributed by atoms with Crippen molar-refractivity contribution in [1.29, 1.82) is 0 Å². The van der Waals surface area contributed by atoms with Crippen LogP contribution in [0.1, 0.15) is 29.9 Å². The summed E-state index contributed by atoms with van der Waals surface area (Å²) in [5, 5.41) is 10.3. The molecule has 3 aromatic heterocycles. The van der Waals surface area contributed by atoms with E-state index in [2.05, 4.69) is 88.6 Å². The van der Waals surface area contributed by atoms with Gasteiger partial charge in [-0.2, -0.15) is 5.10 Å². The van der Waals surface area contributed by atoms with Crippen LogP contribution < -0.4 is 5.32 Å². The molecule has 204 valence electrons. The standard InChI is InChI=1S/C31H33N7OS/c1-21(2)36(3)14-7-10-28(39)37-15-13-25-27(19-37)40-31-29(25)30(32-20-33-31)35-24-11-12-26-23(16-24)17-34-38(26)18-22-8-5-4-6-9-22/h4-12,16-17,20-21H,13-15,18-19H2,1-3H3,(H,32,33,35)/b10-7+. The highest BCUT2D eigenvalue weighted by Gasteiger charge is 2.25. The van der Waals surface area contributed by atoms with E-state index in [0.717, 1.165) is 52.1 Å². The van der Waals surface area contributed by atoms with Crippen molar-refractivity contribution in [2.75, 3.05) is 25.5 Å². The second kappa shape index (κ2) is 11.2. The number of likely N-dealkylation sites (N-methyl/N-ethyl adjacent to an activating group) is 1. The summed E-state index contributed by atoms with van der Waals surface area (Å²) in [5.41, 5.74) is 4.50. The third kappa shape index (κ3) is 5.35. The molecule has 0 atom stereocenters. The maximum Gasteiger partial charge on any atom is 0.246 e. The zero-order chi connectivity index (χ0) is 27.6. The van der Waals surface area contributed by atoms with Gasteiger partial charge in [0.1, 0.15) is 17.0 Å². The number of fused-ring (bicyclic) bond motifs is 4. The Labute approximate surface area is 238 Å². The van der Waals surface area contributed by atoms with Gasteiger partial charge in [0.25, 0.3) is 0 Å². The number of nitrogens with zero attached hydrogens (tertiary/aromatic N) is 6. The smallest absolute Gasteiger partial charge is 0.246 e. The van der Waals surface area contributed by atoms with Gasteiger partial charge in [-0.1, -0.05) is 36.4 Å². The molecule has 0 radical (unpaired) electrons. The zero-order valence-electron chi connectivity index (χ0n) is 23.0. The second-order valence-electron chi connectivity index (χ2n) is 10.5. The minimum absolute atomic E-state index is 0.0609. The number of aromatic nitrogens is 4. The number of nitrogens with one attached hydrogen (secondary N) is 1. The Morgan fingerprint density at radius 3 is 2.85 bits per heavy atom. The molecule has 0 bridgehead atoms. The van der Waals surface area contributed by atoms with E-state index in [-0.39, 0.29) is 5.91 Å². The molecule has 1 amide bonds. The van der Waals surface area contributed by atoms with Crippen molar-refractivity contribution in [3.05, 3.63) is 89.2 Å². The highest BCUT2D eigenvalue weighted by molar-refractivity contribution is 7.19. The van der Waals surface area contributed by atoms with Gasteiger partial charge in [-0.25, -0.2) is 9.97 Å². The number of hydrogen-bond donors (Lipinski definition) is 1. The summed E-state index contributed by atoms with van der Waals surface area (Å²) in [7, 11) is 2.06. The van der Waals surface area contributed by atoms with Crippen molar-refractivity contribution in [3.63, 3.8) is 0 Å². The lowest BCUT2D eigenvalue weighted by Gasteiger charge is -2.26. The lowest BCUT2D eigenvalue weighted by Crippen LogP contribution is -2.34. The van der Waals surface area contributed by atoms with Gasteiger partial charge >= 0.3 is 0 Å². The fraction of sp³-hybridized carbons (Fsp3) is 0.290. The number of amides is 1. The molecule has 8 nitrogen and oxygen atoms in total. The molecule has 2 aromatic carbocycles. The first-order valence-electron chi connectivity index (χ1n) is 13.6. The molecule has 0 unspecified atom stereocenters. The Bertz CT molecular complexity index is 1690. The van der Waals surface area contributed by atoms with Gasteiger partial charge in [-0.15, -0.1) is 11.3 Å². The van der Waals surface area contributed by atoms with E-state index in [1.165, 1.54) is 16.0 Å². The van der Waals surface area contributed by atoms with Gasteiger partial charge in [0, 0.05) is 41.2 Å². The zero-order valence-corrected chi connectivity index (χ0v) is 23.9. The minimum Gasteiger partial charge on any atom is -0.340 e. The van der Waals surface area contributed by atoms with E-state index in [1.807, 2.05) is 27.9 Å². The van der Waals surface area contributed by atoms with E-state index in [0.29, 0.717) is 19.1 Å². The molecule has 0 spiro atoms. The molecule has 0 saturated heterocycles. The van der Waals surface area contributed by atoms with Crippen LogP contribution in [0.4, 0.5) is 11.5 Å². The average Bonchev–Trinajstić information content (AvgIpc) is 3.54. The third-order valence-corrected chi connectivity index (χ3v) is 8.69. The Morgan fingerprint density at radius 2 is 2.02 bits per heavy atom. The maximum atomic E-state index is 12.9. The first kappa shape index (κ1) is 26.2. The Balaban J connectivity index is 1.20. The summed E-state index contributed by atoms with van der Waals surface area (Å²) in [6, 6.07) is 17.1. The van der Waals surface area contributed by atoms with Gasteiger partial charge in [0.15, 0.2) is 0 Å². The summed E-state index contributed by atoms with van der Waals surface area (Å²) in [4.78, 5) is 28.3. The van der Waals surface area contributed by atoms with Gasteiger partial charge in [0.2, 0.25) is 5.91 Å². The molecular formula is C31H33N7OS. The van der Waals surface area contributed by atoms with Gasteiger partial charge in [-0.3, -0.25) is 9.48 Å². The van der Waals surface area contributed by atoms with Gasteiger partial charge in [0.05, 0.1) is 30.2 Å². The SMILES string of the molecule is CC(C)N(C)C/C=C/C(=O)N1CCc2c(sc3ncnc(Nc4ccc5c(cnn5Cc5ccccc5)c4)c23)C1. The highest BCUT2D eigenvalue weighted by Crippen LogP contribution is 2.38. The van der Waals surface area contributed by atoms with Gasteiger partial charge < -0.3 is 15.1 Å². The molecule has 9 heteroatoms. The van der Waals surface area contributed by atoms with Crippen molar-refractivity contribution < 1.29 is 4.79 Å². The van der Waals surface area contributed by atoms with Crippen molar-refractivity contribution in [2.24, 2.45) is 0 Å². The van der Waals surface area contributed by atoms with Crippen LogP contribution in [-0.2, 0) is 24.3 Å². The second-order valence-corrected chi connectivity index (χ2v) is 11.6. The van der Waals surface area contributed by atoms with Crippen molar-refractivity contribution in [3.8, 4) is 0 Å². The molecule has 40 heavy (non-hydrogen) atoms. The Kier molecular flexibility index (Phi) is 7.32. The van der Waals surface area contributed by atoms with Gasteiger partial charge in [-0.05, 0) is 56.6 Å². The van der Waals surface area contributed by atoms with Crippen LogP contribution in [0.15, 0.2) is 73.2 Å². The topological polar surface area (TPSA) is 79.2 Å². The Morgan fingerprint density at radius 1 is 1.18 bits per heavy atom. The van der Waals surface area contributed by atoms with Crippen molar-refractivity contribution in [1.82, 2.24) is 29.5 Å². The monoisotopic (exact) mass is 551 g/mol. The van der Waals surface area contributed by atoms with E-state index in [9.17, 15) is 4.79 Å². The first-order chi connectivity index (χ1) is 19.5. The summed E-state index contributed by atoms with van der Waals surface area (Å²) in [6.07, 6.45) is 7.97. The molecule has 0 saturated carbocycles. The van der Waals surface area contributed by atoms with Crippen molar-refractivity contribution in [2.45, 2.75) is 39.4 Å². The number of hydrogen-bond acceptors (Lipinski definition) is 7. The van der Waals surface area contributed by atoms with Crippen LogP contribution in [0, 0.1) is 0 Å². The lowest BCUT2D eigenvalue weighted by atomic mass is 10.0. The quantitative estimate of drug-likeness (QED) is 0.253. The van der Waals surface area contributed by atoms with E-state index in [4.69, 9.17) is 0 Å². The van der Waals surface area contributed by atoms with Crippen LogP contribution in [0.5, 0.6) is 0 Å². The molecule has 6 rings (SSSR count). The molecule has 1 aliphatic heterocycles. The van der Waals surface area contributed by atoms with E-state index >= 15 is 0 Å². The third-order valence-electron chi connectivity index (χ3n) is 7.56. The van der Waals surface area contributed by atoms with Crippen molar-refractivity contribution >= 4 is 49.9 Å². The highest BCUT2D eigenvalue weighted by atomic mass is 32.1. The Hall–Kier alpha value is -4.08. The predicted octanol–water partition coefficient (Wildman–Crippen LogP) is 5.61. The summed E-state index contributed by atoms with van der Waals surface area (Å²) in [6.45, 7) is 7.07. The number of rotatable bonds is 8. The summed E-state index contributed by atoms with van der Waals surface area (Å²) < 4.78 is 2.03. The molecule has 0 aliphatic carbocycles. The predicted molar refractivity (Wildman–Crippen MR) is 162 cm³/mol. The number of carbonyl (C=O) groups is 1. The molecule has 0 fully saturated rings. The number of benzene rings is 2. The van der Waals surface area contributed by atoms with E-state index < -0.39 is 0 Å². The number of anilines is 2. The van der Waals surface area contributed by atoms with Crippen LogP contribution in [0.2, 0.25) is 0 Å². The molecule has 1 aliphatic rings. The molecule has 5 aromatic rings. The van der Waals surface area contributed by atoms with Crippen LogP contribution in [0.25, 0.3) is 21.1 Å².